The fraction of sp³-hybridized carbons (Fsp3) is 0.474. The molecular weight excluding hydrogens is 322 g/mol. The van der Waals surface area contributed by atoms with E-state index in [4.69, 9.17) is 9.47 Å². The van der Waals surface area contributed by atoms with Crippen LogP contribution in [0.1, 0.15) is 6.42 Å². The van der Waals surface area contributed by atoms with Crippen molar-refractivity contribution >= 4 is 17.6 Å². The summed E-state index contributed by atoms with van der Waals surface area (Å²) in [6.45, 7) is 0. The fourth-order valence-electron chi connectivity index (χ4n) is 4.69. The highest BCUT2D eigenvalue weighted by Crippen LogP contribution is 2.63. The molecule has 0 heterocycles. The van der Waals surface area contributed by atoms with Crippen LogP contribution in [0.15, 0.2) is 30.4 Å². The molecule has 5 rings (SSSR count). The molecule has 1 aromatic rings. The van der Waals surface area contributed by atoms with Crippen LogP contribution in [0.4, 0.5) is 5.69 Å². The lowest BCUT2D eigenvalue weighted by Gasteiger charge is -2.41. The minimum Gasteiger partial charge on any atom is -0.497 e. The Labute approximate surface area is 145 Å². The predicted molar refractivity (Wildman–Crippen MR) is 90.5 cm³/mol. The maximum absolute atomic E-state index is 13.0. The van der Waals surface area contributed by atoms with Crippen LogP contribution in [-0.4, -0.2) is 31.2 Å². The number of benzene rings is 1. The first-order valence-electron chi connectivity index (χ1n) is 8.49. The molecule has 0 radical (unpaired) electrons. The third kappa shape index (κ3) is 2.47. The molecule has 1 aromatic carbocycles. The van der Waals surface area contributed by atoms with E-state index in [-0.39, 0.29) is 17.7 Å². The van der Waals surface area contributed by atoms with Crippen LogP contribution in [0.3, 0.4) is 0 Å². The van der Waals surface area contributed by atoms with Gasteiger partial charge in [0, 0.05) is 6.07 Å². The Bertz CT molecular complexity index is 758. The molecule has 25 heavy (non-hydrogen) atoms. The molecule has 0 aromatic heterocycles. The van der Waals surface area contributed by atoms with E-state index in [9.17, 15) is 14.7 Å². The van der Waals surface area contributed by atoms with Crippen LogP contribution >= 0.6 is 0 Å². The highest BCUT2D eigenvalue weighted by Gasteiger charge is 2.63. The van der Waals surface area contributed by atoms with Crippen LogP contribution in [0, 0.1) is 35.5 Å². The van der Waals surface area contributed by atoms with Gasteiger partial charge in [0.25, 0.3) is 0 Å². The standard InChI is InChI=1S/C19H21NO5/c1-24-9-3-6-14(15(7-9)25-2)20-18(21)16-10-4-5-11(13-8-12(10)13)17(16)19(22)23/h3-7,10-13,16-17H,8H2,1-2H3,(H,20,21)(H,22,23)/t10-,11-,12-,13-,16+,17+/m0/s1. The summed E-state index contributed by atoms with van der Waals surface area (Å²) in [4.78, 5) is 24.8. The quantitative estimate of drug-likeness (QED) is 0.802. The number of allylic oxidation sites excluding steroid dienone is 2. The number of anilines is 1. The number of hydrogen-bond donors (Lipinski definition) is 2. The van der Waals surface area contributed by atoms with Gasteiger partial charge in [-0.1, -0.05) is 12.2 Å². The van der Waals surface area contributed by atoms with Gasteiger partial charge in [-0.2, -0.15) is 0 Å². The van der Waals surface area contributed by atoms with Crippen molar-refractivity contribution < 1.29 is 24.2 Å². The molecule has 6 atom stereocenters. The number of ether oxygens (including phenoxy) is 2. The highest BCUT2D eigenvalue weighted by atomic mass is 16.5. The number of hydrogen-bond acceptors (Lipinski definition) is 4. The number of amides is 1. The predicted octanol–water partition coefficient (Wildman–Crippen LogP) is 2.41. The van der Waals surface area contributed by atoms with E-state index in [1.165, 1.54) is 7.11 Å². The molecule has 132 valence electrons. The van der Waals surface area contributed by atoms with Gasteiger partial charge in [-0.15, -0.1) is 0 Å². The molecule has 6 heteroatoms. The summed E-state index contributed by atoms with van der Waals surface area (Å²) in [7, 11) is 3.08. The molecule has 2 fully saturated rings. The number of carboxylic acid groups (broad SMARTS) is 1. The summed E-state index contributed by atoms with van der Waals surface area (Å²) in [5, 5.41) is 12.6. The van der Waals surface area contributed by atoms with Crippen LogP contribution < -0.4 is 14.8 Å². The average molecular weight is 343 g/mol. The van der Waals surface area contributed by atoms with Crippen molar-refractivity contribution in [3.05, 3.63) is 30.4 Å². The third-order valence-corrected chi connectivity index (χ3v) is 5.91. The summed E-state index contributed by atoms with van der Waals surface area (Å²) < 4.78 is 10.5. The molecule has 4 aliphatic carbocycles. The molecule has 2 saturated carbocycles. The van der Waals surface area contributed by atoms with E-state index >= 15 is 0 Å². The second-order valence-electron chi connectivity index (χ2n) is 7.05. The topological polar surface area (TPSA) is 84.9 Å². The number of rotatable bonds is 5. The van der Waals surface area contributed by atoms with Gasteiger partial charge in [-0.3, -0.25) is 9.59 Å². The van der Waals surface area contributed by atoms with Crippen molar-refractivity contribution in [3.8, 4) is 11.5 Å². The molecule has 1 amide bonds. The maximum atomic E-state index is 13.0. The monoisotopic (exact) mass is 343 g/mol. The first kappa shape index (κ1) is 16.0. The van der Waals surface area contributed by atoms with Crippen molar-refractivity contribution in [2.24, 2.45) is 35.5 Å². The largest absolute Gasteiger partial charge is 0.497 e. The molecule has 0 aliphatic heterocycles. The van der Waals surface area contributed by atoms with Gasteiger partial charge in [-0.05, 0) is 42.2 Å². The summed E-state index contributed by atoms with van der Waals surface area (Å²) >= 11 is 0. The number of carbonyl (C=O) groups is 2. The Hall–Kier alpha value is -2.50. The zero-order valence-electron chi connectivity index (χ0n) is 14.1. The normalized spacial score (nSPS) is 34.2. The third-order valence-electron chi connectivity index (χ3n) is 5.91. The Kier molecular flexibility index (Phi) is 3.71. The molecule has 0 saturated heterocycles. The smallest absolute Gasteiger partial charge is 0.307 e. The number of carboxylic acids is 1. The van der Waals surface area contributed by atoms with Crippen molar-refractivity contribution in [1.29, 1.82) is 0 Å². The molecule has 4 aliphatic rings. The van der Waals surface area contributed by atoms with Gasteiger partial charge >= 0.3 is 5.97 Å². The van der Waals surface area contributed by atoms with Gasteiger partial charge in [0.05, 0.1) is 31.7 Å². The summed E-state index contributed by atoms with van der Waals surface area (Å²) in [5.74, 6) is -0.326. The van der Waals surface area contributed by atoms with Gasteiger partial charge in [0.1, 0.15) is 11.5 Å². The zero-order valence-corrected chi connectivity index (χ0v) is 14.1. The number of fused-ring (bicyclic) bond motifs is 1. The Morgan fingerprint density at radius 3 is 2.36 bits per heavy atom. The van der Waals surface area contributed by atoms with Crippen LogP contribution in [0.25, 0.3) is 0 Å². The first-order chi connectivity index (χ1) is 12.0. The first-order valence-corrected chi connectivity index (χ1v) is 8.49. The Morgan fingerprint density at radius 2 is 1.76 bits per heavy atom. The minimum atomic E-state index is -0.883. The summed E-state index contributed by atoms with van der Waals surface area (Å²) in [6, 6.07) is 5.13. The van der Waals surface area contributed by atoms with Crippen LogP contribution in [0.5, 0.6) is 11.5 Å². The lowest BCUT2D eigenvalue weighted by atomic mass is 9.62. The van der Waals surface area contributed by atoms with E-state index in [1.54, 1.807) is 25.3 Å². The minimum absolute atomic E-state index is 0.0142. The molecule has 2 N–H and O–H groups in total. The van der Waals surface area contributed by atoms with Gasteiger partial charge in [0.15, 0.2) is 0 Å². The number of carbonyl (C=O) groups excluding carboxylic acids is 1. The fourth-order valence-corrected chi connectivity index (χ4v) is 4.69. The average Bonchev–Trinajstić information content (AvgIpc) is 3.43. The zero-order chi connectivity index (χ0) is 17.7. The molecule has 0 spiro atoms. The van der Waals surface area contributed by atoms with Crippen molar-refractivity contribution in [2.75, 3.05) is 19.5 Å². The second-order valence-corrected chi connectivity index (χ2v) is 7.05. The van der Waals surface area contributed by atoms with Crippen molar-refractivity contribution in [2.45, 2.75) is 6.42 Å². The van der Waals surface area contributed by atoms with Crippen LogP contribution in [0.2, 0.25) is 0 Å². The summed E-state index contributed by atoms with van der Waals surface area (Å²) in [5.41, 5.74) is 0.523. The molecule has 6 nitrogen and oxygen atoms in total. The van der Waals surface area contributed by atoms with Crippen molar-refractivity contribution in [3.63, 3.8) is 0 Å². The van der Waals surface area contributed by atoms with Crippen LogP contribution in [-0.2, 0) is 9.59 Å². The van der Waals surface area contributed by atoms with Gasteiger partial charge in [-0.25, -0.2) is 0 Å². The lowest BCUT2D eigenvalue weighted by Crippen LogP contribution is -2.48. The summed E-state index contributed by atoms with van der Waals surface area (Å²) in [6.07, 6.45) is 5.09. The highest BCUT2D eigenvalue weighted by molar-refractivity contribution is 5.97. The maximum Gasteiger partial charge on any atom is 0.307 e. The number of methoxy groups -OCH3 is 2. The second kappa shape index (κ2) is 5.79. The Morgan fingerprint density at radius 1 is 1.08 bits per heavy atom. The number of nitrogens with one attached hydrogen (secondary N) is 1. The molecule has 2 bridgehead atoms. The van der Waals surface area contributed by atoms with E-state index in [2.05, 4.69) is 5.32 Å². The SMILES string of the molecule is COc1ccc(NC(=O)[C@@H]2[C@H]3C=C[C@@H]([C@@H]4C[C@@H]34)[C@H]2C(=O)O)c(OC)c1. The molecular formula is C19H21NO5. The Balaban J connectivity index is 1.60. The van der Waals surface area contributed by atoms with Crippen molar-refractivity contribution in [1.82, 2.24) is 0 Å². The number of aliphatic carboxylic acids is 1. The lowest BCUT2D eigenvalue weighted by molar-refractivity contribution is -0.152. The van der Waals surface area contributed by atoms with E-state index in [0.717, 1.165) is 6.42 Å². The van der Waals surface area contributed by atoms with E-state index < -0.39 is 17.8 Å². The van der Waals surface area contributed by atoms with E-state index in [1.807, 2.05) is 12.2 Å². The van der Waals surface area contributed by atoms with Gasteiger partial charge in [0.2, 0.25) is 5.91 Å². The van der Waals surface area contributed by atoms with Gasteiger partial charge < -0.3 is 19.9 Å². The van der Waals surface area contributed by atoms with E-state index in [0.29, 0.717) is 29.0 Å². The molecule has 0 unspecified atom stereocenters.